The number of alkyl halides is 2. The van der Waals surface area contributed by atoms with Gasteiger partial charge in [-0.15, -0.1) is 0 Å². The molecule has 1 rings (SSSR count). The Morgan fingerprint density at radius 1 is 1.15 bits per heavy atom. The van der Waals surface area contributed by atoms with Crippen molar-refractivity contribution in [3.63, 3.8) is 0 Å². The van der Waals surface area contributed by atoms with E-state index in [9.17, 15) is 13.2 Å². The molecule has 0 radical (unpaired) electrons. The number of allylic oxidation sites excluding steroid dienone is 2. The third-order valence-electron chi connectivity index (χ3n) is 2.15. The van der Waals surface area contributed by atoms with Crippen LogP contribution in [0.5, 0.6) is 0 Å². The number of hydrogen-bond donors (Lipinski definition) is 1. The molecule has 0 bridgehead atoms. The first-order valence-corrected chi connectivity index (χ1v) is 5.72. The van der Waals surface area contributed by atoms with Crippen LogP contribution < -0.4 is 5.32 Å². The second-order valence-electron chi connectivity index (χ2n) is 3.37. The normalized spacial score (nSPS) is 9.30. The van der Waals surface area contributed by atoms with Crippen LogP contribution in [0.25, 0.3) is 0 Å². The molecule has 0 fully saturated rings. The molecular weight excluding hydrogens is 337 g/mol. The van der Waals surface area contributed by atoms with Gasteiger partial charge in [-0.25, -0.2) is 13.2 Å². The van der Waals surface area contributed by atoms with E-state index in [0.29, 0.717) is 6.07 Å². The molecule has 0 amide bonds. The van der Waals surface area contributed by atoms with Gasteiger partial charge in [-0.1, -0.05) is 0 Å². The Kier molecular flexibility index (Phi) is 5.14. The number of anilines is 1. The van der Waals surface area contributed by atoms with Gasteiger partial charge in [0.2, 0.25) is 0 Å². The van der Waals surface area contributed by atoms with E-state index < -0.39 is 29.1 Å². The van der Waals surface area contributed by atoms with Crippen molar-refractivity contribution in [1.29, 1.82) is 15.8 Å². The van der Waals surface area contributed by atoms with E-state index >= 15 is 0 Å². The molecular formula is C12H4BrF3N4. The Hall–Kier alpha value is -2.50. The van der Waals surface area contributed by atoms with Crippen LogP contribution in [0.1, 0.15) is 12.0 Å². The minimum absolute atomic E-state index is 0.0595. The average Bonchev–Trinajstić information content (AvgIpc) is 2.41. The minimum Gasteiger partial charge on any atom is -0.342 e. The van der Waals surface area contributed by atoms with Gasteiger partial charge in [0.05, 0.1) is 5.69 Å². The quantitative estimate of drug-likeness (QED) is 0.849. The van der Waals surface area contributed by atoms with Gasteiger partial charge >= 0.3 is 0 Å². The molecule has 20 heavy (non-hydrogen) atoms. The number of hydrogen-bond acceptors (Lipinski definition) is 4. The van der Waals surface area contributed by atoms with Gasteiger partial charge in [-0.2, -0.15) is 15.8 Å². The number of nitrogens with zero attached hydrogens (tertiary/aromatic N) is 3. The predicted molar refractivity (Wildman–Crippen MR) is 66.5 cm³/mol. The highest BCUT2D eigenvalue weighted by atomic mass is 79.9. The fourth-order valence-electron chi connectivity index (χ4n) is 1.25. The average molecular weight is 341 g/mol. The monoisotopic (exact) mass is 340 g/mol. The Labute approximate surface area is 120 Å². The molecule has 0 aromatic heterocycles. The van der Waals surface area contributed by atoms with Crippen LogP contribution >= 0.6 is 15.9 Å². The molecule has 0 saturated carbocycles. The van der Waals surface area contributed by atoms with E-state index in [1.807, 2.05) is 0 Å². The van der Waals surface area contributed by atoms with E-state index in [1.165, 1.54) is 18.2 Å². The predicted octanol–water partition coefficient (Wildman–Crippen LogP) is 3.76. The van der Waals surface area contributed by atoms with E-state index in [1.54, 1.807) is 0 Å². The molecule has 0 aliphatic rings. The van der Waals surface area contributed by atoms with Crippen molar-refractivity contribution < 1.29 is 13.2 Å². The Morgan fingerprint density at radius 2 is 1.75 bits per heavy atom. The molecule has 0 saturated heterocycles. The Balaban J connectivity index is 3.32. The molecule has 100 valence electrons. The smallest absolute Gasteiger partial charge is 0.263 e. The molecule has 0 heterocycles. The first-order chi connectivity index (χ1) is 9.44. The molecule has 1 N–H and O–H groups in total. The van der Waals surface area contributed by atoms with Crippen LogP contribution in [0.4, 0.5) is 18.9 Å². The van der Waals surface area contributed by atoms with Gasteiger partial charge in [0, 0.05) is 10.0 Å². The van der Waals surface area contributed by atoms with Gasteiger partial charge in [-0.05, 0) is 28.1 Å². The topological polar surface area (TPSA) is 83.4 Å². The van der Waals surface area contributed by atoms with Crippen LogP contribution in [0.2, 0.25) is 0 Å². The fourth-order valence-corrected chi connectivity index (χ4v) is 1.80. The largest absolute Gasteiger partial charge is 0.342 e. The summed E-state index contributed by atoms with van der Waals surface area (Å²) in [6, 6.07) is 6.04. The lowest BCUT2D eigenvalue weighted by molar-refractivity contribution is 0.151. The van der Waals surface area contributed by atoms with Crippen molar-refractivity contribution in [2.24, 2.45) is 0 Å². The fraction of sp³-hybridized carbons (Fsp3) is 0.0833. The number of rotatable bonds is 3. The van der Waals surface area contributed by atoms with Crippen LogP contribution in [0, 0.1) is 39.8 Å². The summed E-state index contributed by atoms with van der Waals surface area (Å²) < 4.78 is 38.6. The number of nitriles is 3. The van der Waals surface area contributed by atoms with Crippen LogP contribution in [0.15, 0.2) is 27.9 Å². The van der Waals surface area contributed by atoms with Crippen LogP contribution in [-0.2, 0) is 0 Å². The van der Waals surface area contributed by atoms with Crippen molar-refractivity contribution in [2.75, 3.05) is 5.32 Å². The molecule has 8 heteroatoms. The van der Waals surface area contributed by atoms with E-state index in [4.69, 9.17) is 15.8 Å². The lowest BCUT2D eigenvalue weighted by atomic mass is 10.2. The Bertz CT molecular complexity index is 653. The van der Waals surface area contributed by atoms with Gasteiger partial charge in [0.25, 0.3) is 6.43 Å². The molecule has 1 aromatic carbocycles. The maximum Gasteiger partial charge on any atom is 0.263 e. The maximum atomic E-state index is 13.7. The highest BCUT2D eigenvalue weighted by molar-refractivity contribution is 9.10. The first-order valence-electron chi connectivity index (χ1n) is 4.93. The molecule has 0 aliphatic heterocycles. The molecule has 0 aliphatic carbocycles. The van der Waals surface area contributed by atoms with E-state index in [-0.39, 0.29) is 10.2 Å². The summed E-state index contributed by atoms with van der Waals surface area (Å²) >= 11 is 2.88. The summed E-state index contributed by atoms with van der Waals surface area (Å²) in [6.07, 6.45) is -2.85. The zero-order chi connectivity index (χ0) is 15.3. The zero-order valence-corrected chi connectivity index (χ0v) is 11.2. The van der Waals surface area contributed by atoms with Gasteiger partial charge in [0.1, 0.15) is 29.7 Å². The highest BCUT2D eigenvalue weighted by Crippen LogP contribution is 2.32. The number of benzene rings is 1. The molecule has 0 unspecified atom stereocenters. The standard InChI is InChI=1S/C12H4BrF3N4/c13-8-1-6(12(15)16)2-9(14)11(8)20-10(5-19)7(3-17)4-18/h1-2,12,20H. The summed E-state index contributed by atoms with van der Waals surface area (Å²) in [5, 5.41) is 28.3. The molecule has 4 nitrogen and oxygen atoms in total. The van der Waals surface area contributed by atoms with Crippen molar-refractivity contribution in [3.05, 3.63) is 39.3 Å². The molecule has 1 aromatic rings. The number of halogens is 4. The van der Waals surface area contributed by atoms with Crippen molar-refractivity contribution in [1.82, 2.24) is 0 Å². The van der Waals surface area contributed by atoms with Crippen molar-refractivity contribution in [2.45, 2.75) is 6.43 Å². The second-order valence-corrected chi connectivity index (χ2v) is 4.22. The van der Waals surface area contributed by atoms with Crippen LogP contribution in [-0.4, -0.2) is 0 Å². The number of nitrogens with one attached hydrogen (secondary N) is 1. The third kappa shape index (κ3) is 3.28. The summed E-state index contributed by atoms with van der Waals surface area (Å²) in [6.45, 7) is 0. The summed E-state index contributed by atoms with van der Waals surface area (Å²) in [7, 11) is 0. The van der Waals surface area contributed by atoms with Crippen molar-refractivity contribution >= 4 is 21.6 Å². The maximum absolute atomic E-state index is 13.7. The lowest BCUT2D eigenvalue weighted by Gasteiger charge is -2.10. The molecule has 0 atom stereocenters. The third-order valence-corrected chi connectivity index (χ3v) is 2.78. The lowest BCUT2D eigenvalue weighted by Crippen LogP contribution is -2.04. The van der Waals surface area contributed by atoms with Gasteiger partial charge in [0.15, 0.2) is 5.57 Å². The summed E-state index contributed by atoms with van der Waals surface area (Å²) in [4.78, 5) is 0. The highest BCUT2D eigenvalue weighted by Gasteiger charge is 2.17. The van der Waals surface area contributed by atoms with E-state index in [2.05, 4.69) is 21.2 Å². The SMILES string of the molecule is N#CC(C#N)=C(C#N)Nc1c(F)cc(C(F)F)cc1Br. The summed E-state index contributed by atoms with van der Waals surface area (Å²) in [5.41, 5.74) is -1.87. The van der Waals surface area contributed by atoms with E-state index in [0.717, 1.165) is 6.07 Å². The van der Waals surface area contributed by atoms with Crippen molar-refractivity contribution in [3.8, 4) is 18.2 Å². The van der Waals surface area contributed by atoms with Crippen LogP contribution in [0.3, 0.4) is 0 Å². The van der Waals surface area contributed by atoms with Gasteiger partial charge in [-0.3, -0.25) is 0 Å². The second kappa shape index (κ2) is 6.60. The Morgan fingerprint density at radius 3 is 2.15 bits per heavy atom. The zero-order valence-electron chi connectivity index (χ0n) is 9.59. The summed E-state index contributed by atoms with van der Waals surface area (Å²) in [5.74, 6) is -1.04. The molecule has 0 spiro atoms. The minimum atomic E-state index is -2.85. The first kappa shape index (κ1) is 15.6. The van der Waals surface area contributed by atoms with Gasteiger partial charge < -0.3 is 5.32 Å².